The van der Waals surface area contributed by atoms with E-state index in [2.05, 4.69) is 13.8 Å². The lowest BCUT2D eigenvalue weighted by Crippen LogP contribution is -2.53. The number of carbonyl (C=O) groups excluding carboxylic acids is 2. The molecule has 5 nitrogen and oxygen atoms in total. The number of halogens is 1. The van der Waals surface area contributed by atoms with Gasteiger partial charge in [0, 0.05) is 31.1 Å². The maximum Gasteiger partial charge on any atom is 0.270 e. The normalized spacial score (nSPS) is 15.6. The summed E-state index contributed by atoms with van der Waals surface area (Å²) in [5.74, 6) is 0.525. The van der Waals surface area contributed by atoms with Gasteiger partial charge in [-0.1, -0.05) is 25.4 Å². The van der Waals surface area contributed by atoms with Crippen molar-refractivity contribution < 1.29 is 14.3 Å². The lowest BCUT2D eigenvalue weighted by atomic mass is 10.0. The molecule has 0 aromatic heterocycles. The highest BCUT2D eigenvalue weighted by Crippen LogP contribution is 2.39. The van der Waals surface area contributed by atoms with Gasteiger partial charge in [-0.3, -0.25) is 9.59 Å². The zero-order chi connectivity index (χ0) is 18.6. The first-order valence-electron chi connectivity index (χ1n) is 8.88. The van der Waals surface area contributed by atoms with Crippen molar-refractivity contribution in [2.45, 2.75) is 52.6 Å². The van der Waals surface area contributed by atoms with Crippen molar-refractivity contribution in [3.8, 4) is 5.75 Å². The Morgan fingerprint density at radius 3 is 2.48 bits per heavy atom. The Hall–Kier alpha value is -1.75. The second-order valence-electron chi connectivity index (χ2n) is 6.81. The molecule has 0 aliphatic carbocycles. The van der Waals surface area contributed by atoms with Gasteiger partial charge in [-0.25, -0.2) is 0 Å². The highest BCUT2D eigenvalue weighted by atomic mass is 35.5. The smallest absolute Gasteiger partial charge is 0.270 e. The number of carbonyl (C=O) groups is 2. The van der Waals surface area contributed by atoms with Crippen molar-refractivity contribution in [3.63, 3.8) is 0 Å². The van der Waals surface area contributed by atoms with E-state index in [0.29, 0.717) is 23.0 Å². The highest BCUT2D eigenvalue weighted by Gasteiger charge is 2.41. The molecule has 0 bridgehead atoms. The second-order valence-corrected chi connectivity index (χ2v) is 7.25. The molecule has 1 aliphatic rings. The van der Waals surface area contributed by atoms with E-state index in [1.165, 1.54) is 0 Å². The number of ether oxygens (including phenoxy) is 1. The predicted octanol–water partition coefficient (Wildman–Crippen LogP) is 3.88. The van der Waals surface area contributed by atoms with Crippen LogP contribution < -0.4 is 9.64 Å². The van der Waals surface area contributed by atoms with Crippen LogP contribution in [-0.2, 0) is 9.59 Å². The summed E-state index contributed by atoms with van der Waals surface area (Å²) in [7, 11) is 0. The van der Waals surface area contributed by atoms with Crippen LogP contribution in [0.5, 0.6) is 5.75 Å². The predicted molar refractivity (Wildman–Crippen MR) is 100 cm³/mol. The SMILES string of the molecule is CCCN(CCC)C(=O)CCN1C(=O)C(C)(C)Oc2ccc(Cl)cc21. The fourth-order valence-electron chi connectivity index (χ4n) is 3.03. The molecule has 0 fully saturated rings. The molecule has 1 aliphatic heterocycles. The summed E-state index contributed by atoms with van der Waals surface area (Å²) >= 11 is 6.09. The topological polar surface area (TPSA) is 49.9 Å². The lowest BCUT2D eigenvalue weighted by molar-refractivity contribution is -0.133. The summed E-state index contributed by atoms with van der Waals surface area (Å²) < 4.78 is 5.80. The van der Waals surface area contributed by atoms with Crippen molar-refractivity contribution in [3.05, 3.63) is 23.2 Å². The van der Waals surface area contributed by atoms with Crippen LogP contribution in [0, 0.1) is 0 Å². The largest absolute Gasteiger partial charge is 0.476 e. The van der Waals surface area contributed by atoms with E-state index < -0.39 is 5.60 Å². The van der Waals surface area contributed by atoms with Gasteiger partial charge >= 0.3 is 0 Å². The molecule has 1 aromatic rings. The van der Waals surface area contributed by atoms with Crippen LogP contribution in [0.2, 0.25) is 5.02 Å². The summed E-state index contributed by atoms with van der Waals surface area (Å²) in [5.41, 5.74) is -0.335. The van der Waals surface area contributed by atoms with Crippen LogP contribution in [0.1, 0.15) is 47.0 Å². The molecule has 1 aromatic carbocycles. The van der Waals surface area contributed by atoms with E-state index in [4.69, 9.17) is 16.3 Å². The van der Waals surface area contributed by atoms with Crippen LogP contribution in [0.4, 0.5) is 5.69 Å². The van der Waals surface area contributed by atoms with Crippen LogP contribution in [0.25, 0.3) is 0 Å². The van der Waals surface area contributed by atoms with Gasteiger partial charge in [0.25, 0.3) is 5.91 Å². The third-order valence-corrected chi connectivity index (χ3v) is 4.46. The van der Waals surface area contributed by atoms with E-state index in [1.807, 2.05) is 4.90 Å². The van der Waals surface area contributed by atoms with Crippen LogP contribution >= 0.6 is 11.6 Å². The molecule has 1 heterocycles. The summed E-state index contributed by atoms with van der Waals surface area (Å²) in [6.45, 7) is 9.41. The fraction of sp³-hybridized carbons (Fsp3) is 0.579. The molecule has 138 valence electrons. The number of fused-ring (bicyclic) bond motifs is 1. The molecule has 0 saturated heterocycles. The van der Waals surface area contributed by atoms with E-state index in [0.717, 1.165) is 25.9 Å². The summed E-state index contributed by atoms with van der Waals surface area (Å²) in [6, 6.07) is 5.21. The van der Waals surface area contributed by atoms with Gasteiger partial charge in [0.15, 0.2) is 5.60 Å². The molecule has 0 unspecified atom stereocenters. The Morgan fingerprint density at radius 1 is 1.24 bits per heavy atom. The van der Waals surface area contributed by atoms with Gasteiger partial charge in [-0.15, -0.1) is 0 Å². The first-order chi connectivity index (χ1) is 11.8. The molecule has 25 heavy (non-hydrogen) atoms. The number of benzene rings is 1. The molecular formula is C19H27ClN2O3. The van der Waals surface area contributed by atoms with Crippen molar-refractivity contribution in [1.82, 2.24) is 4.90 Å². The van der Waals surface area contributed by atoms with Crippen molar-refractivity contribution in [2.24, 2.45) is 0 Å². The molecule has 0 atom stereocenters. The molecule has 0 N–H and O–H groups in total. The number of anilines is 1. The third kappa shape index (κ3) is 4.46. The monoisotopic (exact) mass is 366 g/mol. The molecule has 2 amide bonds. The Morgan fingerprint density at radius 2 is 1.88 bits per heavy atom. The summed E-state index contributed by atoms with van der Waals surface area (Å²) in [4.78, 5) is 28.8. The van der Waals surface area contributed by atoms with E-state index >= 15 is 0 Å². The van der Waals surface area contributed by atoms with E-state index in [9.17, 15) is 9.59 Å². The van der Waals surface area contributed by atoms with Crippen LogP contribution in [-0.4, -0.2) is 41.9 Å². The molecule has 6 heteroatoms. The maximum atomic E-state index is 12.8. The van der Waals surface area contributed by atoms with Crippen molar-refractivity contribution >= 4 is 29.1 Å². The number of amides is 2. The van der Waals surface area contributed by atoms with E-state index in [1.54, 1.807) is 36.9 Å². The number of rotatable bonds is 7. The molecule has 0 spiro atoms. The van der Waals surface area contributed by atoms with Crippen molar-refractivity contribution in [1.29, 1.82) is 0 Å². The Bertz CT molecular complexity index is 640. The molecule has 0 saturated carbocycles. The summed E-state index contributed by atoms with van der Waals surface area (Å²) in [5, 5.41) is 0.532. The Labute approximate surface area is 154 Å². The third-order valence-electron chi connectivity index (χ3n) is 4.23. The first-order valence-corrected chi connectivity index (χ1v) is 9.26. The maximum absolute atomic E-state index is 12.8. The fourth-order valence-corrected chi connectivity index (χ4v) is 3.20. The minimum Gasteiger partial charge on any atom is -0.476 e. The average Bonchev–Trinajstić information content (AvgIpc) is 2.55. The first kappa shape index (κ1) is 19.6. The minimum atomic E-state index is -0.962. The van der Waals surface area contributed by atoms with Gasteiger partial charge in [0.05, 0.1) is 5.69 Å². The highest BCUT2D eigenvalue weighted by molar-refractivity contribution is 6.31. The van der Waals surface area contributed by atoms with Crippen LogP contribution in [0.3, 0.4) is 0 Å². The quantitative estimate of drug-likeness (QED) is 0.735. The minimum absolute atomic E-state index is 0.0735. The number of nitrogens with zero attached hydrogens (tertiary/aromatic N) is 2. The second kappa shape index (κ2) is 8.09. The average molecular weight is 367 g/mol. The van der Waals surface area contributed by atoms with Gasteiger partial charge in [-0.05, 0) is 44.9 Å². The zero-order valence-corrected chi connectivity index (χ0v) is 16.2. The zero-order valence-electron chi connectivity index (χ0n) is 15.5. The molecular weight excluding hydrogens is 340 g/mol. The van der Waals surface area contributed by atoms with Crippen molar-refractivity contribution in [2.75, 3.05) is 24.5 Å². The van der Waals surface area contributed by atoms with Gasteiger partial charge in [-0.2, -0.15) is 0 Å². The van der Waals surface area contributed by atoms with E-state index in [-0.39, 0.29) is 18.2 Å². The Balaban J connectivity index is 2.18. The van der Waals surface area contributed by atoms with Gasteiger partial charge < -0.3 is 14.5 Å². The Kier molecular flexibility index (Phi) is 6.33. The lowest BCUT2D eigenvalue weighted by Gasteiger charge is -2.39. The van der Waals surface area contributed by atoms with Gasteiger partial charge in [0.1, 0.15) is 5.75 Å². The number of hydrogen-bond donors (Lipinski definition) is 0. The molecule has 0 radical (unpaired) electrons. The number of hydrogen-bond acceptors (Lipinski definition) is 3. The molecule has 2 rings (SSSR count). The summed E-state index contributed by atoms with van der Waals surface area (Å²) in [6.07, 6.45) is 2.13. The van der Waals surface area contributed by atoms with Gasteiger partial charge in [0.2, 0.25) is 5.91 Å². The standard InChI is InChI=1S/C19H27ClN2O3/c1-5-10-21(11-6-2)17(23)9-12-22-15-13-14(20)7-8-16(15)25-19(3,4)18(22)24/h7-8,13H,5-6,9-12H2,1-4H3. The van der Waals surface area contributed by atoms with Crippen LogP contribution in [0.15, 0.2) is 18.2 Å².